The van der Waals surface area contributed by atoms with Crippen molar-refractivity contribution in [2.75, 3.05) is 20.1 Å². The predicted molar refractivity (Wildman–Crippen MR) is 101 cm³/mol. The molecule has 2 N–H and O–H groups in total. The Kier molecular flexibility index (Phi) is 4.25. The van der Waals surface area contributed by atoms with Crippen LogP contribution < -0.4 is 9.84 Å². The molecule has 2 aliphatic heterocycles. The fourth-order valence-electron chi connectivity index (χ4n) is 4.73. The number of likely N-dealkylation sites (tertiary alicyclic amines) is 1. The van der Waals surface area contributed by atoms with E-state index in [1.54, 1.807) is 13.1 Å². The van der Waals surface area contributed by atoms with Crippen molar-refractivity contribution in [3.8, 4) is 11.5 Å². The Morgan fingerprint density at radius 3 is 2.66 bits per heavy atom. The lowest BCUT2D eigenvalue weighted by Crippen LogP contribution is -2.49. The van der Waals surface area contributed by atoms with E-state index in [1.165, 1.54) is 0 Å². The van der Waals surface area contributed by atoms with Crippen LogP contribution in [0.3, 0.4) is 0 Å². The summed E-state index contributed by atoms with van der Waals surface area (Å²) in [5, 5.41) is 32.9. The van der Waals surface area contributed by atoms with E-state index in [2.05, 4.69) is 0 Å². The number of benzene rings is 2. The molecule has 0 bridgehead atoms. The zero-order valence-electron chi connectivity index (χ0n) is 16.1. The number of nitrogens with zero attached hydrogens (tertiary/aromatic N) is 1. The zero-order chi connectivity index (χ0) is 21.0. The molecule has 0 unspecified atom stereocenters. The number of rotatable bonds is 3. The number of ether oxygens (including phenoxy) is 1. The molecule has 2 aromatic rings. The topological polar surface area (TPSA) is 107 Å². The lowest BCUT2D eigenvalue weighted by molar-refractivity contribution is -0.861. The molecule has 0 spiro atoms. The number of aliphatic hydroxyl groups is 1. The number of likely N-dealkylation sites (N-methyl/N-ethyl adjacent to an activating group) is 1. The molecular formula is C22H21NO6. The third-order valence-electron chi connectivity index (χ3n) is 5.99. The van der Waals surface area contributed by atoms with Gasteiger partial charge in [-0.25, -0.2) is 4.79 Å². The van der Waals surface area contributed by atoms with Crippen LogP contribution in [-0.4, -0.2) is 46.8 Å². The third-order valence-corrected chi connectivity index (χ3v) is 5.99. The molecule has 29 heavy (non-hydrogen) atoms. The van der Waals surface area contributed by atoms with Gasteiger partial charge in [-0.3, -0.25) is 4.48 Å². The van der Waals surface area contributed by atoms with Gasteiger partial charge in [0.1, 0.15) is 24.0 Å². The summed E-state index contributed by atoms with van der Waals surface area (Å²) in [6.45, 7) is 2.03. The van der Waals surface area contributed by atoms with Crippen molar-refractivity contribution < 1.29 is 34.1 Å². The highest BCUT2D eigenvalue weighted by molar-refractivity contribution is 5.91. The smallest absolute Gasteiger partial charge is 0.334 e. The fraction of sp³-hybridized carbons (Fsp3) is 0.273. The zero-order valence-corrected chi connectivity index (χ0v) is 16.1. The summed E-state index contributed by atoms with van der Waals surface area (Å²) < 4.78 is 5.89. The van der Waals surface area contributed by atoms with Crippen LogP contribution in [0.15, 0.2) is 54.2 Å². The van der Waals surface area contributed by atoms with Gasteiger partial charge in [-0.2, -0.15) is 0 Å². The van der Waals surface area contributed by atoms with E-state index in [1.807, 2.05) is 43.3 Å². The molecule has 0 aromatic heterocycles. The van der Waals surface area contributed by atoms with E-state index in [0.29, 0.717) is 23.1 Å². The molecular weight excluding hydrogens is 374 g/mol. The van der Waals surface area contributed by atoms with Crippen LogP contribution in [0.2, 0.25) is 0 Å². The van der Waals surface area contributed by atoms with Crippen LogP contribution in [0.5, 0.6) is 11.5 Å². The molecule has 0 amide bonds. The minimum absolute atomic E-state index is 0.0289. The number of fused-ring (bicyclic) bond motifs is 5. The van der Waals surface area contributed by atoms with Gasteiger partial charge in [0.25, 0.3) is 0 Å². The quantitative estimate of drug-likeness (QED) is 0.598. The van der Waals surface area contributed by atoms with Gasteiger partial charge in [-0.1, -0.05) is 36.4 Å². The van der Waals surface area contributed by atoms with Crippen LogP contribution in [0, 0.1) is 6.92 Å². The molecule has 2 aliphatic rings. The van der Waals surface area contributed by atoms with E-state index < -0.39 is 23.5 Å². The number of carbonyl (C=O) groups is 2. The SMILES string of the molecule is Cc1cccc2c1Oc1ccccc1[C@H]1C[N@+](C)(/C(=C\C(=O)O)C(=O)[O-])C[C@@]21O. The van der Waals surface area contributed by atoms with Gasteiger partial charge in [0, 0.05) is 11.1 Å². The fourth-order valence-corrected chi connectivity index (χ4v) is 4.73. The number of para-hydroxylation sites is 2. The second kappa shape index (κ2) is 6.43. The van der Waals surface area contributed by atoms with Crippen molar-refractivity contribution in [1.29, 1.82) is 0 Å². The molecule has 4 rings (SSSR count). The number of quaternary nitrogens is 1. The van der Waals surface area contributed by atoms with E-state index in [9.17, 15) is 19.8 Å². The van der Waals surface area contributed by atoms with Gasteiger partial charge >= 0.3 is 5.97 Å². The third kappa shape index (κ3) is 2.90. The van der Waals surface area contributed by atoms with Crippen LogP contribution in [0.4, 0.5) is 0 Å². The first kappa shape index (κ1) is 19.2. The molecule has 2 aromatic carbocycles. The Labute approximate surface area is 167 Å². The van der Waals surface area contributed by atoms with Crippen molar-refractivity contribution in [2.45, 2.75) is 18.4 Å². The summed E-state index contributed by atoms with van der Waals surface area (Å²) in [6.07, 6.45) is 0.656. The number of hydrogen-bond acceptors (Lipinski definition) is 5. The maximum Gasteiger partial charge on any atom is 0.334 e. The minimum atomic E-state index is -1.57. The molecule has 0 aliphatic carbocycles. The highest BCUT2D eigenvalue weighted by Gasteiger charge is 2.59. The summed E-state index contributed by atoms with van der Waals surface area (Å²) in [5.41, 5.74) is 0.324. The number of carbonyl (C=O) groups excluding carboxylic acids is 1. The standard InChI is InChI=1S/C22H21NO6/c1-13-6-5-8-15-20(13)29-18-9-4-3-7-14(18)16-11-23(2,12-22(15,16)28)17(21(26)27)10-19(24)25/h3-10,16,28H,11-12H2,1-2H3,(H-,24,25,26,27)/b17-10-/t16-,22-,23+/m1/s1. The Morgan fingerprint density at radius 2 is 1.97 bits per heavy atom. The van der Waals surface area contributed by atoms with Crippen molar-refractivity contribution >= 4 is 11.9 Å². The Bertz CT molecular complexity index is 1060. The van der Waals surface area contributed by atoms with Gasteiger partial charge in [0.15, 0.2) is 11.3 Å². The lowest BCUT2D eigenvalue weighted by Gasteiger charge is -2.33. The molecule has 150 valence electrons. The molecule has 7 nitrogen and oxygen atoms in total. The number of aliphatic carboxylic acids is 2. The number of carboxylic acid groups (broad SMARTS) is 2. The van der Waals surface area contributed by atoms with E-state index in [4.69, 9.17) is 9.84 Å². The summed E-state index contributed by atoms with van der Waals surface area (Å²) >= 11 is 0. The molecule has 1 fully saturated rings. The molecule has 2 heterocycles. The molecule has 1 saturated heterocycles. The highest BCUT2D eigenvalue weighted by Crippen LogP contribution is 2.55. The second-order valence-electron chi connectivity index (χ2n) is 7.96. The second-order valence-corrected chi connectivity index (χ2v) is 7.96. The van der Waals surface area contributed by atoms with Crippen LogP contribution >= 0.6 is 0 Å². The van der Waals surface area contributed by atoms with Gasteiger partial charge in [-0.15, -0.1) is 0 Å². The van der Waals surface area contributed by atoms with E-state index in [0.717, 1.165) is 11.1 Å². The maximum atomic E-state index is 11.9. The maximum absolute atomic E-state index is 11.9. The summed E-state index contributed by atoms with van der Waals surface area (Å²) in [5.74, 6) is -2.31. The van der Waals surface area contributed by atoms with Crippen LogP contribution in [0.25, 0.3) is 0 Å². The normalized spacial score (nSPS) is 27.8. The van der Waals surface area contributed by atoms with Crippen LogP contribution in [-0.2, 0) is 15.2 Å². The first-order valence-corrected chi connectivity index (χ1v) is 9.26. The number of hydrogen-bond donors (Lipinski definition) is 2. The van der Waals surface area contributed by atoms with E-state index in [-0.39, 0.29) is 23.3 Å². The van der Waals surface area contributed by atoms with Crippen molar-refractivity contribution in [3.05, 3.63) is 70.9 Å². The summed E-state index contributed by atoms with van der Waals surface area (Å²) in [7, 11) is 1.61. The Morgan fingerprint density at radius 1 is 1.24 bits per heavy atom. The van der Waals surface area contributed by atoms with Crippen molar-refractivity contribution in [2.24, 2.45) is 0 Å². The summed E-state index contributed by atoms with van der Waals surface area (Å²) in [6, 6.07) is 12.8. The van der Waals surface area contributed by atoms with Crippen molar-refractivity contribution in [1.82, 2.24) is 0 Å². The van der Waals surface area contributed by atoms with Gasteiger partial charge in [0.2, 0.25) is 0 Å². The number of aryl methyl sites for hydroxylation is 1. The molecule has 7 heteroatoms. The van der Waals surface area contributed by atoms with Crippen LogP contribution in [0.1, 0.15) is 22.6 Å². The minimum Gasteiger partial charge on any atom is -0.540 e. The first-order valence-electron chi connectivity index (χ1n) is 9.26. The monoisotopic (exact) mass is 395 g/mol. The first-order chi connectivity index (χ1) is 13.7. The lowest BCUT2D eigenvalue weighted by atomic mass is 9.79. The largest absolute Gasteiger partial charge is 0.540 e. The van der Waals surface area contributed by atoms with E-state index >= 15 is 0 Å². The highest BCUT2D eigenvalue weighted by atomic mass is 16.5. The van der Waals surface area contributed by atoms with Crippen molar-refractivity contribution in [3.63, 3.8) is 0 Å². The number of carboxylic acids is 2. The summed E-state index contributed by atoms with van der Waals surface area (Å²) in [4.78, 5) is 23.0. The Balaban J connectivity index is 1.96. The van der Waals surface area contributed by atoms with Gasteiger partial charge < -0.3 is 24.9 Å². The molecule has 3 atom stereocenters. The van der Waals surface area contributed by atoms with Gasteiger partial charge in [0.05, 0.1) is 25.6 Å². The average Bonchev–Trinajstić information content (AvgIpc) is 2.88. The average molecular weight is 395 g/mol. The Hall–Kier alpha value is -3.16. The molecule has 0 radical (unpaired) electrons. The molecule has 0 saturated carbocycles. The predicted octanol–water partition coefficient (Wildman–Crippen LogP) is 1.25. The van der Waals surface area contributed by atoms with Gasteiger partial charge in [-0.05, 0) is 18.6 Å².